The molecular weight excluding hydrogens is 797 g/mol. The molecule has 2 nitrogen and oxygen atoms in total. The molecule has 0 N–H and O–H groups in total. The number of para-hydroxylation sites is 2. The fourth-order valence-corrected chi connectivity index (χ4v) is 9.11. The Morgan fingerprint density at radius 2 is 1.12 bits per heavy atom. The maximum atomic E-state index is 4.65. The van der Waals surface area contributed by atoms with Crippen LogP contribution in [0.1, 0.15) is 25.3 Å². The lowest BCUT2D eigenvalue weighted by molar-refractivity contribution is 0.739. The minimum Gasteiger partial charge on any atom is -0.310 e. The lowest BCUT2D eigenvalue weighted by atomic mass is 9.94. The minimum absolute atomic E-state index is 0.575. The smallest absolute Gasteiger partial charge is 0.0540 e. The summed E-state index contributed by atoms with van der Waals surface area (Å²) in [4.78, 5) is 4.70. The predicted octanol–water partition coefficient (Wildman–Crippen LogP) is 17.9. The number of fused-ring (bicyclic) bond motifs is 1. The highest BCUT2D eigenvalue weighted by Crippen LogP contribution is 2.45. The zero-order chi connectivity index (χ0) is 44.7. The van der Waals surface area contributed by atoms with Gasteiger partial charge in [-0.15, -0.1) is 0 Å². The van der Waals surface area contributed by atoms with Crippen LogP contribution in [0.15, 0.2) is 273 Å². The molecule has 1 unspecified atom stereocenters. The van der Waals surface area contributed by atoms with Crippen LogP contribution in [0, 0.1) is 5.92 Å². The van der Waals surface area contributed by atoms with Gasteiger partial charge in [-0.25, -0.2) is 0 Å². The van der Waals surface area contributed by atoms with Crippen LogP contribution in [-0.2, 0) is 0 Å². The summed E-state index contributed by atoms with van der Waals surface area (Å²) in [6.07, 6.45) is 23.9. The third-order valence-corrected chi connectivity index (χ3v) is 12.6. The number of anilines is 5. The van der Waals surface area contributed by atoms with Crippen molar-refractivity contribution in [3.63, 3.8) is 0 Å². The average molecular weight is 849 g/mol. The average Bonchev–Trinajstić information content (AvgIpc) is 3.38. The monoisotopic (exact) mass is 848 g/mol. The Hall–Kier alpha value is -8.20. The summed E-state index contributed by atoms with van der Waals surface area (Å²) in [6.45, 7) is 6.92. The standard InChI is InChI=1S/C64H52N2/c1-47-31-33-51(34-32-47)53-41-45-58(46-42-53)66(64-30-16-24-54-23-9-10-25-59(54)64)63-29-14-12-27-61(63)56-37-35-55(36-38-56)60-26-11-13-28-62(60)65(48(2)17-15-20-49-18-5-3-6-19-49)57-43-39-52(40-44-57)50-21-7-4-8-22-50/h3-18,20-31,33-47H,2,19,32H2,1H3/b17-15-,49-20-. The van der Waals surface area contributed by atoms with Crippen molar-refractivity contribution in [1.82, 2.24) is 0 Å². The molecule has 0 amide bonds. The van der Waals surface area contributed by atoms with E-state index in [0.717, 1.165) is 69.2 Å². The molecule has 0 saturated carbocycles. The Morgan fingerprint density at radius 1 is 0.530 bits per heavy atom. The van der Waals surface area contributed by atoms with Crippen LogP contribution in [0.4, 0.5) is 28.4 Å². The number of nitrogens with zero attached hydrogens (tertiary/aromatic N) is 2. The van der Waals surface area contributed by atoms with Gasteiger partial charge in [-0.1, -0.05) is 220 Å². The van der Waals surface area contributed by atoms with Crippen LogP contribution < -0.4 is 9.80 Å². The lowest BCUT2D eigenvalue weighted by Gasteiger charge is -2.29. The van der Waals surface area contributed by atoms with E-state index in [0.29, 0.717) is 5.92 Å². The molecule has 0 aromatic heterocycles. The first-order valence-electron chi connectivity index (χ1n) is 23.0. The van der Waals surface area contributed by atoms with Crippen molar-refractivity contribution in [2.75, 3.05) is 9.80 Å². The maximum Gasteiger partial charge on any atom is 0.0540 e. The second kappa shape index (κ2) is 19.3. The van der Waals surface area contributed by atoms with E-state index in [1.807, 2.05) is 0 Å². The number of hydrogen-bond acceptors (Lipinski definition) is 2. The number of rotatable bonds is 12. The van der Waals surface area contributed by atoms with Gasteiger partial charge in [0.15, 0.2) is 0 Å². The van der Waals surface area contributed by atoms with Crippen LogP contribution in [0.25, 0.3) is 49.7 Å². The molecule has 8 aromatic rings. The summed E-state index contributed by atoms with van der Waals surface area (Å²) in [5.74, 6) is 0.575. The van der Waals surface area contributed by atoms with Crippen molar-refractivity contribution in [3.05, 3.63) is 278 Å². The van der Waals surface area contributed by atoms with Crippen molar-refractivity contribution >= 4 is 44.8 Å². The second-order valence-corrected chi connectivity index (χ2v) is 17.1. The molecule has 2 aliphatic carbocycles. The van der Waals surface area contributed by atoms with Gasteiger partial charge >= 0.3 is 0 Å². The minimum atomic E-state index is 0.575. The van der Waals surface area contributed by atoms with E-state index < -0.39 is 0 Å². The molecule has 0 saturated heterocycles. The molecule has 0 bridgehead atoms. The van der Waals surface area contributed by atoms with Gasteiger partial charge in [-0.3, -0.25) is 0 Å². The molecule has 66 heavy (non-hydrogen) atoms. The first-order valence-corrected chi connectivity index (χ1v) is 23.0. The topological polar surface area (TPSA) is 6.48 Å². The Kier molecular flexibility index (Phi) is 12.2. The highest BCUT2D eigenvalue weighted by molar-refractivity contribution is 6.01. The van der Waals surface area contributed by atoms with Crippen molar-refractivity contribution in [1.29, 1.82) is 0 Å². The summed E-state index contributed by atoms with van der Waals surface area (Å²) in [5, 5.41) is 2.41. The second-order valence-electron chi connectivity index (χ2n) is 17.1. The Labute approximate surface area is 390 Å². The fourth-order valence-electron chi connectivity index (χ4n) is 9.11. The molecule has 0 fully saturated rings. The Balaban J connectivity index is 1.02. The van der Waals surface area contributed by atoms with Crippen LogP contribution in [-0.4, -0.2) is 0 Å². The maximum absolute atomic E-state index is 4.65. The van der Waals surface area contributed by atoms with Gasteiger partial charge in [-0.05, 0) is 112 Å². The summed E-state index contributed by atoms with van der Waals surface area (Å²) >= 11 is 0. The molecule has 318 valence electrons. The van der Waals surface area contributed by atoms with Gasteiger partial charge in [0.2, 0.25) is 0 Å². The quantitative estimate of drug-likeness (QED) is 0.113. The molecular formula is C64H52N2. The molecule has 0 spiro atoms. The summed E-state index contributed by atoms with van der Waals surface area (Å²) in [7, 11) is 0. The largest absolute Gasteiger partial charge is 0.310 e. The van der Waals surface area contributed by atoms with Crippen LogP contribution >= 0.6 is 0 Å². The molecule has 2 aliphatic rings. The Morgan fingerprint density at radius 3 is 1.83 bits per heavy atom. The molecule has 10 rings (SSSR count). The van der Waals surface area contributed by atoms with E-state index >= 15 is 0 Å². The molecule has 2 heteroatoms. The number of allylic oxidation sites excluding steroid dienone is 12. The normalized spacial score (nSPS) is 15.0. The van der Waals surface area contributed by atoms with E-state index in [4.69, 9.17) is 0 Å². The molecule has 8 aromatic carbocycles. The highest BCUT2D eigenvalue weighted by Gasteiger charge is 2.21. The van der Waals surface area contributed by atoms with Gasteiger partial charge < -0.3 is 9.80 Å². The van der Waals surface area contributed by atoms with Crippen molar-refractivity contribution in [2.24, 2.45) is 5.92 Å². The van der Waals surface area contributed by atoms with E-state index in [1.54, 1.807) is 0 Å². The third-order valence-electron chi connectivity index (χ3n) is 12.6. The predicted molar refractivity (Wildman–Crippen MR) is 284 cm³/mol. The molecule has 0 heterocycles. The van der Waals surface area contributed by atoms with Gasteiger partial charge in [0, 0.05) is 33.6 Å². The molecule has 1 atom stereocenters. The zero-order valence-corrected chi connectivity index (χ0v) is 37.3. The van der Waals surface area contributed by atoms with Crippen LogP contribution in [0.3, 0.4) is 0 Å². The van der Waals surface area contributed by atoms with Crippen molar-refractivity contribution in [3.8, 4) is 33.4 Å². The summed E-state index contributed by atoms with van der Waals surface area (Å²) in [5.41, 5.74) is 17.0. The van der Waals surface area contributed by atoms with Crippen molar-refractivity contribution in [2.45, 2.75) is 19.8 Å². The van der Waals surface area contributed by atoms with Gasteiger partial charge in [0.1, 0.15) is 0 Å². The number of hydrogen-bond donors (Lipinski definition) is 0. The first-order chi connectivity index (χ1) is 32.6. The molecule has 0 radical (unpaired) electrons. The first kappa shape index (κ1) is 41.8. The van der Waals surface area contributed by atoms with E-state index in [1.165, 1.54) is 38.6 Å². The zero-order valence-electron chi connectivity index (χ0n) is 37.3. The SMILES string of the molecule is C=C(/C=C\C=C1\C=CC=CC1)N(c1ccc(-c2ccccc2)cc1)c1ccccc1-c1ccc(-c2ccccc2N(c2ccc(C3=CCC(C)C=C3)cc2)c2cccc3ccccc23)cc1. The summed E-state index contributed by atoms with van der Waals surface area (Å²) in [6, 6.07) is 70.2. The Bertz CT molecular complexity index is 3190. The van der Waals surface area contributed by atoms with Gasteiger partial charge in [0.05, 0.1) is 17.1 Å². The fraction of sp³-hybridized carbons (Fsp3) is 0.0625. The lowest BCUT2D eigenvalue weighted by Crippen LogP contribution is -2.15. The van der Waals surface area contributed by atoms with Crippen LogP contribution in [0.5, 0.6) is 0 Å². The number of benzene rings is 8. The van der Waals surface area contributed by atoms with Gasteiger partial charge in [0.25, 0.3) is 0 Å². The van der Waals surface area contributed by atoms with Crippen LogP contribution in [0.2, 0.25) is 0 Å². The highest BCUT2D eigenvalue weighted by atomic mass is 15.2. The summed E-state index contributed by atoms with van der Waals surface area (Å²) < 4.78 is 0. The molecule has 0 aliphatic heterocycles. The van der Waals surface area contributed by atoms with E-state index in [9.17, 15) is 0 Å². The van der Waals surface area contributed by atoms with E-state index in [2.05, 4.69) is 278 Å². The third kappa shape index (κ3) is 8.95. The van der Waals surface area contributed by atoms with E-state index in [-0.39, 0.29) is 0 Å². The van der Waals surface area contributed by atoms with Crippen molar-refractivity contribution < 1.29 is 0 Å². The van der Waals surface area contributed by atoms with Gasteiger partial charge in [-0.2, -0.15) is 0 Å².